The van der Waals surface area contributed by atoms with Crippen LogP contribution in [0.1, 0.15) is 13.3 Å². The van der Waals surface area contributed by atoms with Gasteiger partial charge in [-0.3, -0.25) is 0 Å². The van der Waals surface area contributed by atoms with Gasteiger partial charge >= 0.3 is 0 Å². The second kappa shape index (κ2) is 3.88. The SMILES string of the molecule is C=CC[CH]C(C)O. The van der Waals surface area contributed by atoms with Crippen molar-refractivity contribution in [2.75, 3.05) is 0 Å². The topological polar surface area (TPSA) is 20.2 Å². The van der Waals surface area contributed by atoms with Gasteiger partial charge in [0, 0.05) is 0 Å². The van der Waals surface area contributed by atoms with Crippen LogP contribution in [0.3, 0.4) is 0 Å². The van der Waals surface area contributed by atoms with Crippen LogP contribution in [0.5, 0.6) is 0 Å². The van der Waals surface area contributed by atoms with E-state index in [-0.39, 0.29) is 6.10 Å². The van der Waals surface area contributed by atoms with Crippen molar-refractivity contribution >= 4 is 0 Å². The first-order chi connectivity index (χ1) is 3.27. The summed E-state index contributed by atoms with van der Waals surface area (Å²) in [5, 5.41) is 8.58. The second-order valence-electron chi connectivity index (χ2n) is 1.50. The van der Waals surface area contributed by atoms with Crippen molar-refractivity contribution in [3.63, 3.8) is 0 Å². The summed E-state index contributed by atoms with van der Waals surface area (Å²) in [5.74, 6) is 0. The minimum atomic E-state index is -0.294. The number of allylic oxidation sites excluding steroid dienone is 1. The summed E-state index contributed by atoms with van der Waals surface area (Å²) in [7, 11) is 0. The minimum absolute atomic E-state index is 0.294. The Hall–Kier alpha value is -0.300. The fraction of sp³-hybridized carbons (Fsp3) is 0.500. The highest BCUT2D eigenvalue weighted by atomic mass is 16.3. The molecule has 1 atom stereocenters. The maximum Gasteiger partial charge on any atom is 0.0546 e. The molecule has 0 amide bonds. The van der Waals surface area contributed by atoms with E-state index in [1.54, 1.807) is 19.4 Å². The Morgan fingerprint density at radius 3 is 2.57 bits per heavy atom. The third kappa shape index (κ3) is 5.70. The molecule has 0 aromatic rings. The van der Waals surface area contributed by atoms with Gasteiger partial charge in [0.05, 0.1) is 6.10 Å². The van der Waals surface area contributed by atoms with E-state index in [0.717, 1.165) is 6.42 Å². The van der Waals surface area contributed by atoms with Crippen LogP contribution >= 0.6 is 0 Å². The zero-order valence-corrected chi connectivity index (χ0v) is 4.59. The first kappa shape index (κ1) is 6.70. The summed E-state index contributed by atoms with van der Waals surface area (Å²) in [4.78, 5) is 0. The Morgan fingerprint density at radius 2 is 2.43 bits per heavy atom. The van der Waals surface area contributed by atoms with Crippen LogP contribution in [-0.4, -0.2) is 11.2 Å². The molecule has 1 nitrogen and oxygen atoms in total. The first-order valence-corrected chi connectivity index (χ1v) is 2.39. The van der Waals surface area contributed by atoms with E-state index in [4.69, 9.17) is 5.11 Å². The molecule has 0 aromatic heterocycles. The monoisotopic (exact) mass is 99.1 g/mol. The quantitative estimate of drug-likeness (QED) is 0.526. The summed E-state index contributed by atoms with van der Waals surface area (Å²) in [6.07, 6.45) is 4.04. The molecule has 1 radical (unpaired) electrons. The highest BCUT2D eigenvalue weighted by molar-refractivity contribution is 4.81. The van der Waals surface area contributed by atoms with E-state index >= 15 is 0 Å². The molecule has 0 aliphatic carbocycles. The fourth-order valence-electron chi connectivity index (χ4n) is 0.293. The van der Waals surface area contributed by atoms with Gasteiger partial charge in [-0.2, -0.15) is 0 Å². The number of hydrogen-bond donors (Lipinski definition) is 1. The molecule has 0 saturated heterocycles. The minimum Gasteiger partial charge on any atom is -0.393 e. The van der Waals surface area contributed by atoms with Gasteiger partial charge in [-0.05, 0) is 19.8 Å². The lowest BCUT2D eigenvalue weighted by Crippen LogP contribution is -1.97. The van der Waals surface area contributed by atoms with Gasteiger partial charge in [0.15, 0.2) is 0 Å². The molecule has 0 bridgehead atoms. The molecular formula is C6H11O. The summed E-state index contributed by atoms with van der Waals surface area (Å²) in [6, 6.07) is 0. The Labute approximate surface area is 44.7 Å². The zero-order valence-electron chi connectivity index (χ0n) is 4.59. The average Bonchev–Trinajstić information content (AvgIpc) is 1.61. The van der Waals surface area contributed by atoms with Gasteiger partial charge in [0.25, 0.3) is 0 Å². The number of aliphatic hydroxyl groups excluding tert-OH is 1. The van der Waals surface area contributed by atoms with E-state index in [1.165, 1.54) is 0 Å². The van der Waals surface area contributed by atoms with E-state index in [0.29, 0.717) is 0 Å². The summed E-state index contributed by atoms with van der Waals surface area (Å²) >= 11 is 0. The van der Waals surface area contributed by atoms with Gasteiger partial charge in [-0.15, -0.1) is 6.58 Å². The molecule has 0 aromatic carbocycles. The summed E-state index contributed by atoms with van der Waals surface area (Å²) in [5.41, 5.74) is 0. The van der Waals surface area contributed by atoms with Gasteiger partial charge in [0.2, 0.25) is 0 Å². The predicted octanol–water partition coefficient (Wildman–Crippen LogP) is 1.15. The first-order valence-electron chi connectivity index (χ1n) is 2.39. The standard InChI is InChI=1S/C6H11O/c1-3-4-5-6(2)7/h3,5-7H,1,4H2,2H3. The Bertz CT molecular complexity index is 48.1. The Balaban J connectivity index is 2.81. The molecule has 0 fully saturated rings. The molecule has 1 heteroatoms. The van der Waals surface area contributed by atoms with Gasteiger partial charge in [0.1, 0.15) is 0 Å². The average molecular weight is 99.2 g/mol. The van der Waals surface area contributed by atoms with Crippen molar-refractivity contribution in [2.45, 2.75) is 19.4 Å². The highest BCUT2D eigenvalue weighted by Gasteiger charge is 1.89. The molecule has 0 heterocycles. The van der Waals surface area contributed by atoms with Crippen LogP contribution in [0.2, 0.25) is 0 Å². The van der Waals surface area contributed by atoms with Gasteiger partial charge in [-0.25, -0.2) is 0 Å². The van der Waals surface area contributed by atoms with Gasteiger partial charge < -0.3 is 5.11 Å². The lowest BCUT2D eigenvalue weighted by atomic mass is 10.2. The molecule has 0 aliphatic heterocycles. The zero-order chi connectivity index (χ0) is 5.70. The molecule has 7 heavy (non-hydrogen) atoms. The van der Waals surface area contributed by atoms with Crippen molar-refractivity contribution < 1.29 is 5.11 Å². The third-order valence-electron chi connectivity index (χ3n) is 0.644. The van der Waals surface area contributed by atoms with Crippen LogP contribution in [0, 0.1) is 6.42 Å². The van der Waals surface area contributed by atoms with Crippen molar-refractivity contribution in [1.29, 1.82) is 0 Å². The normalized spacial score (nSPS) is 13.4. The number of hydrogen-bond acceptors (Lipinski definition) is 1. The Morgan fingerprint density at radius 1 is 1.86 bits per heavy atom. The van der Waals surface area contributed by atoms with E-state index in [1.807, 2.05) is 0 Å². The fourth-order valence-corrected chi connectivity index (χ4v) is 0.293. The van der Waals surface area contributed by atoms with Crippen molar-refractivity contribution in [3.05, 3.63) is 19.1 Å². The molecule has 0 saturated carbocycles. The molecule has 41 valence electrons. The smallest absolute Gasteiger partial charge is 0.0546 e. The van der Waals surface area contributed by atoms with Crippen LogP contribution in [0.25, 0.3) is 0 Å². The molecule has 1 unspecified atom stereocenters. The summed E-state index contributed by atoms with van der Waals surface area (Å²) < 4.78 is 0. The van der Waals surface area contributed by atoms with E-state index in [9.17, 15) is 0 Å². The lowest BCUT2D eigenvalue weighted by Gasteiger charge is -1.95. The van der Waals surface area contributed by atoms with Crippen LogP contribution in [-0.2, 0) is 0 Å². The van der Waals surface area contributed by atoms with Crippen molar-refractivity contribution in [3.8, 4) is 0 Å². The number of aliphatic hydroxyl groups is 1. The molecule has 0 rings (SSSR count). The van der Waals surface area contributed by atoms with E-state index in [2.05, 4.69) is 6.58 Å². The van der Waals surface area contributed by atoms with Crippen molar-refractivity contribution in [2.24, 2.45) is 0 Å². The molecule has 0 aliphatic rings. The Kier molecular flexibility index (Phi) is 3.71. The van der Waals surface area contributed by atoms with Gasteiger partial charge in [-0.1, -0.05) is 6.08 Å². The van der Waals surface area contributed by atoms with Crippen LogP contribution < -0.4 is 0 Å². The number of rotatable bonds is 3. The predicted molar refractivity (Wildman–Crippen MR) is 30.8 cm³/mol. The maximum absolute atomic E-state index is 8.58. The van der Waals surface area contributed by atoms with E-state index < -0.39 is 0 Å². The lowest BCUT2D eigenvalue weighted by molar-refractivity contribution is 0.225. The molecule has 0 spiro atoms. The second-order valence-corrected chi connectivity index (χ2v) is 1.50. The third-order valence-corrected chi connectivity index (χ3v) is 0.644. The van der Waals surface area contributed by atoms with Crippen LogP contribution in [0.4, 0.5) is 0 Å². The van der Waals surface area contributed by atoms with Crippen molar-refractivity contribution in [1.82, 2.24) is 0 Å². The molecular weight excluding hydrogens is 88.1 g/mol. The van der Waals surface area contributed by atoms with Crippen LogP contribution in [0.15, 0.2) is 12.7 Å². The maximum atomic E-state index is 8.58. The highest BCUT2D eigenvalue weighted by Crippen LogP contribution is 1.91. The summed E-state index contributed by atoms with van der Waals surface area (Å²) in [6.45, 7) is 5.22. The largest absolute Gasteiger partial charge is 0.393 e. The molecule has 1 N–H and O–H groups in total.